The molecule has 0 radical (unpaired) electrons. The first-order chi connectivity index (χ1) is 61.2. The summed E-state index contributed by atoms with van der Waals surface area (Å²) in [6, 6.07) is 173. The van der Waals surface area contributed by atoms with Crippen molar-refractivity contribution in [2.24, 2.45) is 0 Å². The molecule has 0 atom stereocenters. The molecule has 2 heterocycles. The number of carbonyl (C=O) groups excluding carboxylic acids is 2. The van der Waals surface area contributed by atoms with Gasteiger partial charge in [-0.1, -0.05) is 513 Å². The molecule has 2 aliphatic rings. The van der Waals surface area contributed by atoms with Crippen LogP contribution in [0.5, 0.6) is 0 Å². The van der Waals surface area contributed by atoms with Crippen molar-refractivity contribution < 1.29 is 40.1 Å². The van der Waals surface area contributed by atoms with Gasteiger partial charge in [-0.2, -0.15) is 0 Å². The monoisotopic (exact) mass is 1930 g/mol. The molecule has 0 aliphatic carbocycles. The summed E-state index contributed by atoms with van der Waals surface area (Å²) in [4.78, 5) is 30.7. The Bertz CT molecular complexity index is 5450. The molecule has 0 unspecified atom stereocenters. The third-order valence-corrected chi connectivity index (χ3v) is 34.8. The summed E-state index contributed by atoms with van der Waals surface area (Å²) in [5, 5.41) is 35.5. The van der Waals surface area contributed by atoms with Crippen LogP contribution in [-0.2, 0) is 20.4 Å². The first-order valence-corrected chi connectivity index (χ1v) is 49.7. The Labute approximate surface area is 786 Å². The molecule has 2 aliphatic heterocycles. The van der Waals surface area contributed by atoms with Gasteiger partial charge in [0.1, 0.15) is 12.6 Å². The number of halogens is 1. The third-order valence-electron chi connectivity index (χ3n) is 19.3. The normalized spacial score (nSPS) is 10.9. The van der Waals surface area contributed by atoms with Crippen molar-refractivity contribution in [1.29, 1.82) is 0 Å². The van der Waals surface area contributed by atoms with Gasteiger partial charge in [-0.3, -0.25) is 9.59 Å². The number of hydrogen-bond donors (Lipinski definition) is 2. The zero-order valence-electron chi connectivity index (χ0n) is 67.9. The van der Waals surface area contributed by atoms with Gasteiger partial charge >= 0.3 is 7.12 Å². The van der Waals surface area contributed by atoms with Crippen LogP contribution in [0, 0.1) is 0 Å². The van der Waals surface area contributed by atoms with E-state index in [1.165, 1.54) is 93.7 Å². The van der Waals surface area contributed by atoms with Gasteiger partial charge in [-0.25, -0.2) is 0 Å². The molecule has 622 valence electrons. The summed E-state index contributed by atoms with van der Waals surface area (Å²) >= 11 is 10.1. The molecule has 0 bridgehead atoms. The summed E-state index contributed by atoms with van der Waals surface area (Å²) in [6.07, 6.45) is 1.72. The molecule has 2 N–H and O–H groups in total. The molecule has 18 aromatic carbocycles. The van der Waals surface area contributed by atoms with E-state index >= 15 is 0 Å². The van der Waals surface area contributed by atoms with Crippen LogP contribution in [0.15, 0.2) is 541 Å². The third kappa shape index (κ3) is 26.8. The number of benzene rings is 18. The van der Waals surface area contributed by atoms with Gasteiger partial charge in [0.2, 0.25) is 0 Å². The van der Waals surface area contributed by atoms with Crippen molar-refractivity contribution in [2.45, 2.75) is 46.6 Å². The van der Waals surface area contributed by atoms with Crippen molar-refractivity contribution in [1.82, 2.24) is 0 Å². The molecule has 4 nitrogen and oxygen atoms in total. The van der Waals surface area contributed by atoms with Crippen LogP contribution in [0.1, 0.15) is 28.1 Å². The SMILES string of the molecule is C.O=Cc1cccc(-c2cccc3c2Sc2ccccc2S3)c1.O=Cc1cccc(Br)c1.OB(O)c1cccc2c1Sc1ccccc1S2.[Pd].c1ccc(P(c2ccccc2)c2ccccc2)cc1.c1ccc(P(c2ccccc2)c2ccccc2)cc1.c1ccc(P(c2ccccc2)c2ccccc2)cc1.c1ccc(P(c2ccccc2)c2ccccc2)cc1. The molecule has 20 rings (SSSR count). The van der Waals surface area contributed by atoms with Gasteiger partial charge in [-0.15, -0.1) is 0 Å². The average Bonchev–Trinajstić information content (AvgIpc) is 0.788. The van der Waals surface area contributed by atoms with Crippen molar-refractivity contribution in [3.8, 4) is 11.1 Å². The van der Waals surface area contributed by atoms with Gasteiger partial charge < -0.3 is 10.0 Å². The predicted octanol–water partition coefficient (Wildman–Crippen LogP) is 24.4. The molecule has 0 aromatic heterocycles. The quantitative estimate of drug-likeness (QED) is 0.0563. The Kier molecular flexibility index (Phi) is 38.2. The summed E-state index contributed by atoms with van der Waals surface area (Å²) < 4.78 is 0.937. The second-order valence-electron chi connectivity index (χ2n) is 27.8. The molecule has 15 heteroatoms. The summed E-state index contributed by atoms with van der Waals surface area (Å²) in [5.41, 5.74) is 4.27. The fourth-order valence-corrected chi connectivity index (χ4v) is 28.1. The van der Waals surface area contributed by atoms with Crippen LogP contribution < -0.4 is 69.1 Å². The van der Waals surface area contributed by atoms with Gasteiger partial charge in [0.05, 0.1) is 0 Å². The molecule has 0 amide bonds. The number of hydrogen-bond acceptors (Lipinski definition) is 8. The minimum Gasteiger partial charge on any atom is -0.423 e. The van der Waals surface area contributed by atoms with Crippen LogP contribution in [0.25, 0.3) is 11.1 Å². The van der Waals surface area contributed by atoms with Crippen LogP contribution >= 0.6 is 94.7 Å². The van der Waals surface area contributed by atoms with E-state index in [0.29, 0.717) is 16.6 Å². The standard InChI is InChI=1S/C19H12OS2.4C18H15P.C12H9BO2S2.C7H5BrO.CH4.Pd/c20-12-13-5-3-6-14(11-13)15-7-4-10-18-19(15)22-17-9-2-1-8-16(17)21-18;4*1-4-10-16(11-5-1)19(17-12-6-2-7-13-17)18-14-8-3-9-15-18;14-13(15)8-4-3-7-11-12(8)17-10-6-2-1-5-9(10)16-11;8-7-3-1-2-6(4-7)5-9;;/h1-12H;4*1-15H;1-7,14-15H;1-5H;1H4;. The summed E-state index contributed by atoms with van der Waals surface area (Å²) in [5.74, 6) is 0. The topological polar surface area (TPSA) is 74.6 Å². The maximum Gasteiger partial charge on any atom is 0.489 e. The second-order valence-corrected chi connectivity index (χ2v) is 41.8. The maximum atomic E-state index is 11.0. The number of carbonyl (C=O) groups is 2. The Hall–Kier alpha value is -10.5. The second kappa shape index (κ2) is 50.8. The average molecular weight is 1940 g/mol. The van der Waals surface area contributed by atoms with E-state index in [-0.39, 0.29) is 27.8 Å². The molecule has 0 saturated heterocycles. The minimum atomic E-state index is -1.41. The Balaban J connectivity index is 0.000000135. The fourth-order valence-electron chi connectivity index (χ4n) is 13.6. The van der Waals surface area contributed by atoms with Crippen LogP contribution in [0.3, 0.4) is 0 Å². The Morgan fingerprint density at radius 2 is 0.444 bits per heavy atom. The molecular weight excluding hydrogens is 1850 g/mol. The van der Waals surface area contributed by atoms with E-state index in [9.17, 15) is 19.6 Å². The van der Waals surface area contributed by atoms with Crippen molar-refractivity contribution in [3.05, 3.63) is 513 Å². The molecule has 0 spiro atoms. The molecule has 0 fully saturated rings. The van der Waals surface area contributed by atoms with Crippen LogP contribution in [0.2, 0.25) is 0 Å². The van der Waals surface area contributed by atoms with Gasteiger partial charge in [0.15, 0.2) is 0 Å². The fraction of sp³-hybridized carbons (Fsp3) is 0.00901. The number of rotatable bonds is 16. The van der Waals surface area contributed by atoms with E-state index < -0.39 is 38.8 Å². The van der Waals surface area contributed by atoms with E-state index in [1.54, 1.807) is 41.7 Å². The largest absolute Gasteiger partial charge is 0.489 e. The minimum absolute atomic E-state index is 0. The molecule has 18 aromatic rings. The zero-order valence-corrected chi connectivity index (χ0v) is 77.9. The Morgan fingerprint density at radius 1 is 0.230 bits per heavy atom. The van der Waals surface area contributed by atoms with Gasteiger partial charge in [0.25, 0.3) is 0 Å². The van der Waals surface area contributed by atoms with E-state index in [4.69, 9.17) is 0 Å². The molecular formula is C111H90BBrO4P4PdS4. The summed E-state index contributed by atoms with van der Waals surface area (Å²) in [7, 11) is -3.20. The van der Waals surface area contributed by atoms with E-state index in [1.807, 2.05) is 78.1 Å². The van der Waals surface area contributed by atoms with Crippen LogP contribution in [-0.4, -0.2) is 29.7 Å². The smallest absolute Gasteiger partial charge is 0.423 e. The first-order valence-electron chi connectivity index (χ1n) is 40.3. The van der Waals surface area contributed by atoms with Gasteiger partial charge in [0, 0.05) is 75.2 Å². The van der Waals surface area contributed by atoms with E-state index in [2.05, 4.69) is 441 Å². The molecule has 126 heavy (non-hydrogen) atoms. The summed E-state index contributed by atoms with van der Waals surface area (Å²) in [6.45, 7) is 0. The van der Waals surface area contributed by atoms with Gasteiger partial charge in [-0.05, 0) is 167 Å². The zero-order chi connectivity index (χ0) is 85.1. The molecule has 0 saturated carbocycles. The van der Waals surface area contributed by atoms with E-state index in [0.717, 1.165) is 37.3 Å². The Morgan fingerprint density at radius 3 is 0.698 bits per heavy atom. The van der Waals surface area contributed by atoms with Crippen LogP contribution in [0.4, 0.5) is 0 Å². The van der Waals surface area contributed by atoms with Crippen molar-refractivity contribution in [3.63, 3.8) is 0 Å². The van der Waals surface area contributed by atoms with Crippen molar-refractivity contribution >= 4 is 183 Å². The predicted molar refractivity (Wildman–Crippen MR) is 550 cm³/mol. The number of fused-ring (bicyclic) bond motifs is 4. The van der Waals surface area contributed by atoms with Crippen molar-refractivity contribution in [2.75, 3.05) is 0 Å². The maximum absolute atomic E-state index is 11.0. The number of aldehydes is 2. The first kappa shape index (κ1) is 94.7.